The van der Waals surface area contributed by atoms with Crippen molar-refractivity contribution in [3.63, 3.8) is 0 Å². The number of hydrogen-bond donors (Lipinski definition) is 3. The number of nitrogens with one attached hydrogen (secondary N) is 1. The molecular weight excluding hydrogens is 262 g/mol. The second-order valence-corrected chi connectivity index (χ2v) is 4.50. The molecule has 0 radical (unpaired) electrons. The Kier molecular flexibility index (Phi) is 5.27. The van der Waals surface area contributed by atoms with Crippen LogP contribution in [0.3, 0.4) is 0 Å². The zero-order valence-electron chi connectivity index (χ0n) is 11.6. The van der Waals surface area contributed by atoms with Crippen LogP contribution in [0.4, 0.5) is 11.9 Å². The maximum Gasteiger partial charge on any atom is 0.322 e. The molecule has 20 heavy (non-hydrogen) atoms. The van der Waals surface area contributed by atoms with Gasteiger partial charge in [0.15, 0.2) is 0 Å². The first-order chi connectivity index (χ1) is 9.76. The van der Waals surface area contributed by atoms with Gasteiger partial charge in [-0.15, -0.1) is 0 Å². The Morgan fingerprint density at radius 1 is 1.25 bits per heavy atom. The number of nitrogens with two attached hydrogens (primary N) is 1. The Balaban J connectivity index is 2.10. The first-order valence-electron chi connectivity index (χ1n) is 6.61. The maximum atomic E-state index is 9.00. The normalized spacial score (nSPS) is 16.9. The fourth-order valence-electron chi connectivity index (χ4n) is 2.18. The number of hydrazine groups is 1. The fourth-order valence-corrected chi connectivity index (χ4v) is 2.18. The largest absolute Gasteiger partial charge is 0.467 e. The van der Waals surface area contributed by atoms with Crippen molar-refractivity contribution in [2.24, 2.45) is 5.84 Å². The Labute approximate surface area is 117 Å². The van der Waals surface area contributed by atoms with Crippen molar-refractivity contribution >= 4 is 11.9 Å². The van der Waals surface area contributed by atoms with Gasteiger partial charge in [-0.25, -0.2) is 5.84 Å². The van der Waals surface area contributed by atoms with Gasteiger partial charge in [-0.3, -0.25) is 10.3 Å². The van der Waals surface area contributed by atoms with Crippen LogP contribution in [-0.4, -0.2) is 71.4 Å². The van der Waals surface area contributed by atoms with Gasteiger partial charge in [-0.05, 0) is 13.0 Å². The Morgan fingerprint density at radius 3 is 2.80 bits per heavy atom. The van der Waals surface area contributed by atoms with Crippen LogP contribution in [-0.2, 0) is 0 Å². The Morgan fingerprint density at radius 2 is 2.10 bits per heavy atom. The Hall–Kier alpha value is -1.71. The van der Waals surface area contributed by atoms with Gasteiger partial charge in [0.05, 0.1) is 13.7 Å². The number of nitrogens with zero attached hydrogens (tertiary/aromatic N) is 5. The molecule has 0 saturated carbocycles. The highest BCUT2D eigenvalue weighted by Crippen LogP contribution is 2.16. The lowest BCUT2D eigenvalue weighted by Crippen LogP contribution is -2.33. The molecule has 1 saturated heterocycles. The Bertz CT molecular complexity index is 409. The van der Waals surface area contributed by atoms with E-state index in [1.165, 1.54) is 7.11 Å². The third kappa shape index (κ3) is 3.65. The van der Waals surface area contributed by atoms with Gasteiger partial charge in [0.1, 0.15) is 0 Å². The van der Waals surface area contributed by atoms with Crippen molar-refractivity contribution in [2.75, 3.05) is 56.8 Å². The highest BCUT2D eigenvalue weighted by Gasteiger charge is 2.18. The van der Waals surface area contributed by atoms with E-state index in [1.54, 1.807) is 0 Å². The molecule has 0 aliphatic carbocycles. The van der Waals surface area contributed by atoms with Crippen molar-refractivity contribution in [3.8, 4) is 6.01 Å². The molecule has 0 bridgehead atoms. The van der Waals surface area contributed by atoms with E-state index in [0.717, 1.165) is 32.6 Å². The summed E-state index contributed by atoms with van der Waals surface area (Å²) in [4.78, 5) is 16.8. The van der Waals surface area contributed by atoms with Gasteiger partial charge in [0, 0.05) is 26.2 Å². The molecule has 112 valence electrons. The fraction of sp³-hybridized carbons (Fsp3) is 0.727. The molecule has 1 aromatic rings. The zero-order chi connectivity index (χ0) is 14.4. The minimum atomic E-state index is 0.181. The topological polar surface area (TPSA) is 113 Å². The number of nitrogen functional groups attached to an aromatic ring is 1. The summed E-state index contributed by atoms with van der Waals surface area (Å²) in [7, 11) is 1.50. The van der Waals surface area contributed by atoms with Gasteiger partial charge in [0.25, 0.3) is 0 Å². The van der Waals surface area contributed by atoms with E-state index < -0.39 is 0 Å². The predicted octanol–water partition coefficient (Wildman–Crippen LogP) is -1.33. The summed E-state index contributed by atoms with van der Waals surface area (Å²) in [6, 6.07) is 0.236. The highest BCUT2D eigenvalue weighted by molar-refractivity contribution is 5.37. The average Bonchev–Trinajstić information content (AvgIpc) is 2.73. The van der Waals surface area contributed by atoms with E-state index in [0.29, 0.717) is 12.5 Å². The molecule has 2 heterocycles. The molecule has 0 spiro atoms. The first kappa shape index (κ1) is 14.7. The summed E-state index contributed by atoms with van der Waals surface area (Å²) in [6.07, 6.45) is 0.986. The number of aliphatic hydroxyl groups excluding tert-OH is 1. The van der Waals surface area contributed by atoms with Gasteiger partial charge < -0.3 is 14.7 Å². The van der Waals surface area contributed by atoms with Crippen molar-refractivity contribution in [1.82, 2.24) is 19.9 Å². The van der Waals surface area contributed by atoms with Crippen molar-refractivity contribution in [1.29, 1.82) is 0 Å². The zero-order valence-corrected chi connectivity index (χ0v) is 11.6. The average molecular weight is 283 g/mol. The van der Waals surface area contributed by atoms with Crippen LogP contribution in [0.5, 0.6) is 6.01 Å². The smallest absolute Gasteiger partial charge is 0.322 e. The van der Waals surface area contributed by atoms with Crippen LogP contribution in [0.25, 0.3) is 0 Å². The van der Waals surface area contributed by atoms with E-state index in [1.807, 2.05) is 0 Å². The number of aromatic nitrogens is 3. The molecule has 1 aliphatic heterocycles. The van der Waals surface area contributed by atoms with Crippen molar-refractivity contribution in [2.45, 2.75) is 6.42 Å². The monoisotopic (exact) mass is 283 g/mol. The van der Waals surface area contributed by atoms with Crippen LogP contribution >= 0.6 is 0 Å². The van der Waals surface area contributed by atoms with Crippen LogP contribution in [0.1, 0.15) is 6.42 Å². The molecule has 2 rings (SSSR count). The SMILES string of the molecule is COc1nc(NN)nc(N2CCCN(CCO)CC2)n1. The summed E-state index contributed by atoms with van der Waals surface area (Å²) in [5.74, 6) is 6.18. The van der Waals surface area contributed by atoms with Crippen LogP contribution in [0.15, 0.2) is 0 Å². The summed E-state index contributed by atoms with van der Waals surface area (Å²) in [5.41, 5.74) is 2.41. The molecular formula is C11H21N7O2. The lowest BCUT2D eigenvalue weighted by Gasteiger charge is -2.21. The molecule has 9 heteroatoms. The molecule has 0 aromatic carbocycles. The molecule has 4 N–H and O–H groups in total. The van der Waals surface area contributed by atoms with Crippen LogP contribution in [0, 0.1) is 0 Å². The summed E-state index contributed by atoms with van der Waals surface area (Å²) in [5, 5.41) is 9.00. The molecule has 0 unspecified atom stereocenters. The molecule has 1 aromatic heterocycles. The van der Waals surface area contributed by atoms with E-state index in [9.17, 15) is 0 Å². The highest BCUT2D eigenvalue weighted by atomic mass is 16.5. The molecule has 1 aliphatic rings. The number of rotatable bonds is 5. The maximum absolute atomic E-state index is 9.00. The molecule has 0 amide bonds. The standard InChI is InChI=1S/C11H21N7O2/c1-20-11-14-9(16-12)13-10(15-11)18-4-2-3-17(5-6-18)7-8-19/h19H,2-8,12H2,1H3,(H,13,14,15,16). The lowest BCUT2D eigenvalue weighted by atomic mass is 10.4. The molecule has 0 atom stereocenters. The summed E-state index contributed by atoms with van der Waals surface area (Å²) < 4.78 is 5.05. The van der Waals surface area contributed by atoms with Crippen LogP contribution in [0.2, 0.25) is 0 Å². The second kappa shape index (κ2) is 7.17. The van der Waals surface area contributed by atoms with Gasteiger partial charge >= 0.3 is 6.01 Å². The summed E-state index contributed by atoms with van der Waals surface area (Å²) >= 11 is 0. The number of aliphatic hydroxyl groups is 1. The third-order valence-corrected chi connectivity index (χ3v) is 3.20. The van der Waals surface area contributed by atoms with E-state index in [2.05, 4.69) is 30.2 Å². The van der Waals surface area contributed by atoms with Gasteiger partial charge in [-0.1, -0.05) is 0 Å². The van der Waals surface area contributed by atoms with Crippen molar-refractivity contribution in [3.05, 3.63) is 0 Å². The summed E-state index contributed by atoms with van der Waals surface area (Å²) in [6.45, 7) is 4.34. The quantitative estimate of drug-likeness (QED) is 0.447. The lowest BCUT2D eigenvalue weighted by molar-refractivity contribution is 0.204. The number of anilines is 2. The molecule has 1 fully saturated rings. The first-order valence-corrected chi connectivity index (χ1v) is 6.61. The van der Waals surface area contributed by atoms with Crippen molar-refractivity contribution < 1.29 is 9.84 Å². The number of ether oxygens (including phenoxy) is 1. The van der Waals surface area contributed by atoms with E-state index >= 15 is 0 Å². The second-order valence-electron chi connectivity index (χ2n) is 4.50. The number of methoxy groups -OCH3 is 1. The minimum absolute atomic E-state index is 0.181. The molecule has 9 nitrogen and oxygen atoms in total. The van der Waals surface area contributed by atoms with Gasteiger partial charge in [0.2, 0.25) is 11.9 Å². The van der Waals surface area contributed by atoms with E-state index in [-0.39, 0.29) is 18.6 Å². The predicted molar refractivity (Wildman–Crippen MR) is 74.5 cm³/mol. The minimum Gasteiger partial charge on any atom is -0.467 e. The number of hydrogen-bond acceptors (Lipinski definition) is 9. The third-order valence-electron chi connectivity index (χ3n) is 3.20. The van der Waals surface area contributed by atoms with E-state index in [4.69, 9.17) is 15.7 Å². The number of β-amino-alcohol motifs (C(OH)–C–C–N with tert-alkyl or cyclic N) is 1. The van der Waals surface area contributed by atoms with Crippen LogP contribution < -0.4 is 20.9 Å². The van der Waals surface area contributed by atoms with Gasteiger partial charge in [-0.2, -0.15) is 15.0 Å².